The van der Waals surface area contributed by atoms with Gasteiger partial charge in [-0.1, -0.05) is 36.4 Å². The maximum atomic E-state index is 11.5. The molecular formula is C23H30IN5O2S. The molecular weight excluding hydrogens is 537 g/mol. The van der Waals surface area contributed by atoms with Crippen LogP contribution in [0, 0.1) is 6.92 Å². The van der Waals surface area contributed by atoms with Crippen LogP contribution in [0.1, 0.15) is 22.5 Å². The maximum Gasteiger partial charge on any atom is 0.191 e. The van der Waals surface area contributed by atoms with Crippen molar-refractivity contribution >= 4 is 39.8 Å². The number of benzene rings is 2. The van der Waals surface area contributed by atoms with Gasteiger partial charge < -0.3 is 15.2 Å². The van der Waals surface area contributed by atoms with E-state index in [1.54, 1.807) is 19.2 Å². The molecule has 0 fully saturated rings. The quantitative estimate of drug-likeness (QED) is 0.248. The van der Waals surface area contributed by atoms with Crippen LogP contribution in [0.25, 0.3) is 0 Å². The van der Waals surface area contributed by atoms with E-state index < -0.39 is 9.84 Å². The first-order valence-corrected chi connectivity index (χ1v) is 12.0. The monoisotopic (exact) mass is 567 g/mol. The minimum Gasteiger partial charge on any atom is -0.356 e. The summed E-state index contributed by atoms with van der Waals surface area (Å²) in [5, 5.41) is 6.64. The molecule has 0 radical (unpaired) electrons. The second-order valence-corrected chi connectivity index (χ2v) is 9.46. The van der Waals surface area contributed by atoms with Crippen LogP contribution in [0.2, 0.25) is 0 Å². The van der Waals surface area contributed by atoms with Crippen molar-refractivity contribution in [1.82, 2.24) is 20.2 Å². The van der Waals surface area contributed by atoms with Gasteiger partial charge in [-0.2, -0.15) is 0 Å². The van der Waals surface area contributed by atoms with Gasteiger partial charge in [0, 0.05) is 45.3 Å². The van der Waals surface area contributed by atoms with Crippen LogP contribution in [-0.4, -0.2) is 43.8 Å². The van der Waals surface area contributed by atoms with E-state index in [0.29, 0.717) is 18.0 Å². The maximum absolute atomic E-state index is 11.5. The summed E-state index contributed by atoms with van der Waals surface area (Å²) in [4.78, 5) is 8.89. The Hall–Kier alpha value is -2.40. The first-order valence-electron chi connectivity index (χ1n) is 10.1. The summed E-state index contributed by atoms with van der Waals surface area (Å²) < 4.78 is 25.2. The molecule has 1 heterocycles. The van der Waals surface area contributed by atoms with Crippen molar-refractivity contribution in [3.05, 3.63) is 83.4 Å². The standard InChI is InChI=1S/C23H29N5O2S.HI/c1-18-25-13-14-28(18)17-21-6-4-5-20(15-21)16-27-23(24-2)26-12-11-19-7-9-22(10-8-19)31(3,29)30;/h4-10,13-15H,11-12,16-17H2,1-3H3,(H2,24,26,27);1H. The highest BCUT2D eigenvalue weighted by atomic mass is 127. The Kier molecular flexibility index (Phi) is 9.70. The number of nitrogens with zero attached hydrogens (tertiary/aromatic N) is 3. The average molecular weight is 567 g/mol. The molecule has 0 aliphatic carbocycles. The fraction of sp³-hybridized carbons (Fsp3) is 0.304. The number of aromatic nitrogens is 2. The van der Waals surface area contributed by atoms with E-state index in [2.05, 4.69) is 49.4 Å². The van der Waals surface area contributed by atoms with E-state index in [-0.39, 0.29) is 24.0 Å². The fourth-order valence-electron chi connectivity index (χ4n) is 3.24. The van der Waals surface area contributed by atoms with Crippen molar-refractivity contribution in [3.63, 3.8) is 0 Å². The van der Waals surface area contributed by atoms with Gasteiger partial charge in [0.1, 0.15) is 5.82 Å². The van der Waals surface area contributed by atoms with Gasteiger partial charge in [0.25, 0.3) is 0 Å². The molecule has 0 spiro atoms. The predicted octanol–water partition coefficient (Wildman–Crippen LogP) is 3.17. The van der Waals surface area contributed by atoms with Gasteiger partial charge in [-0.05, 0) is 42.2 Å². The van der Waals surface area contributed by atoms with Gasteiger partial charge in [-0.3, -0.25) is 4.99 Å². The molecule has 3 rings (SSSR count). The van der Waals surface area contributed by atoms with E-state index in [1.165, 1.54) is 17.4 Å². The van der Waals surface area contributed by atoms with Crippen LogP contribution in [0.5, 0.6) is 0 Å². The smallest absolute Gasteiger partial charge is 0.191 e. The molecule has 0 amide bonds. The van der Waals surface area contributed by atoms with Crippen molar-refractivity contribution in [2.75, 3.05) is 19.8 Å². The van der Waals surface area contributed by atoms with Crippen LogP contribution < -0.4 is 10.6 Å². The lowest BCUT2D eigenvalue weighted by molar-refractivity contribution is 0.602. The highest BCUT2D eigenvalue weighted by molar-refractivity contribution is 14.0. The van der Waals surface area contributed by atoms with E-state index >= 15 is 0 Å². The highest BCUT2D eigenvalue weighted by Crippen LogP contribution is 2.11. The first kappa shape index (κ1) is 25.9. The van der Waals surface area contributed by atoms with Gasteiger partial charge in [-0.15, -0.1) is 24.0 Å². The van der Waals surface area contributed by atoms with Gasteiger partial charge in [0.05, 0.1) is 4.90 Å². The third-order valence-corrected chi connectivity index (χ3v) is 6.14. The molecule has 0 atom stereocenters. The van der Waals surface area contributed by atoms with E-state index in [9.17, 15) is 8.42 Å². The van der Waals surface area contributed by atoms with Crippen molar-refractivity contribution in [1.29, 1.82) is 0 Å². The molecule has 172 valence electrons. The molecule has 32 heavy (non-hydrogen) atoms. The number of halogens is 1. The summed E-state index contributed by atoms with van der Waals surface area (Å²) in [7, 11) is -1.42. The third kappa shape index (κ3) is 7.63. The summed E-state index contributed by atoms with van der Waals surface area (Å²) >= 11 is 0. The number of hydrogen-bond donors (Lipinski definition) is 2. The average Bonchev–Trinajstić information content (AvgIpc) is 3.15. The minimum absolute atomic E-state index is 0. The Bertz CT molecular complexity index is 1140. The largest absolute Gasteiger partial charge is 0.356 e. The van der Waals surface area contributed by atoms with Gasteiger partial charge in [0.2, 0.25) is 0 Å². The second-order valence-electron chi connectivity index (χ2n) is 7.44. The molecule has 1 aromatic heterocycles. The number of aliphatic imine (C=N–C) groups is 1. The Morgan fingerprint density at radius 3 is 2.41 bits per heavy atom. The van der Waals surface area contributed by atoms with Crippen LogP contribution >= 0.6 is 24.0 Å². The molecule has 3 aromatic rings. The summed E-state index contributed by atoms with van der Waals surface area (Å²) in [5.74, 6) is 1.72. The Morgan fingerprint density at radius 1 is 1.06 bits per heavy atom. The molecule has 9 heteroatoms. The minimum atomic E-state index is -3.16. The van der Waals surface area contributed by atoms with Crippen molar-refractivity contribution in [2.24, 2.45) is 4.99 Å². The molecule has 0 saturated carbocycles. The van der Waals surface area contributed by atoms with E-state index in [0.717, 1.165) is 30.3 Å². The molecule has 0 aliphatic rings. The Labute approximate surface area is 207 Å². The number of guanidine groups is 1. The number of nitrogens with one attached hydrogen (secondary N) is 2. The van der Waals surface area contributed by atoms with Crippen molar-refractivity contribution in [3.8, 4) is 0 Å². The number of imidazole rings is 1. The topological polar surface area (TPSA) is 88.4 Å². The summed E-state index contributed by atoms with van der Waals surface area (Å²) in [6, 6.07) is 15.5. The number of sulfone groups is 1. The molecule has 0 aliphatic heterocycles. The summed E-state index contributed by atoms with van der Waals surface area (Å²) in [6.07, 6.45) is 5.79. The third-order valence-electron chi connectivity index (χ3n) is 5.01. The number of hydrogen-bond acceptors (Lipinski definition) is 4. The van der Waals surface area contributed by atoms with Crippen LogP contribution in [0.15, 0.2) is 70.8 Å². The molecule has 0 saturated heterocycles. The molecule has 0 unspecified atom stereocenters. The van der Waals surface area contributed by atoms with Crippen LogP contribution in [0.3, 0.4) is 0 Å². The lowest BCUT2D eigenvalue weighted by atomic mass is 10.1. The first-order chi connectivity index (χ1) is 14.8. The summed E-state index contributed by atoms with van der Waals surface area (Å²) in [5.41, 5.74) is 3.47. The van der Waals surface area contributed by atoms with Crippen LogP contribution in [0.4, 0.5) is 0 Å². The Balaban J connectivity index is 0.00000363. The number of aryl methyl sites for hydroxylation is 1. The van der Waals surface area contributed by atoms with E-state index in [1.807, 2.05) is 31.5 Å². The van der Waals surface area contributed by atoms with Crippen molar-refractivity contribution in [2.45, 2.75) is 31.3 Å². The van der Waals surface area contributed by atoms with E-state index in [4.69, 9.17) is 0 Å². The second kappa shape index (κ2) is 12.0. The van der Waals surface area contributed by atoms with Gasteiger partial charge in [0.15, 0.2) is 15.8 Å². The zero-order chi connectivity index (χ0) is 22.3. The zero-order valence-corrected chi connectivity index (χ0v) is 21.7. The fourth-order valence-corrected chi connectivity index (χ4v) is 3.87. The lowest BCUT2D eigenvalue weighted by Gasteiger charge is -2.13. The molecule has 7 nitrogen and oxygen atoms in total. The van der Waals surface area contributed by atoms with Gasteiger partial charge in [-0.25, -0.2) is 13.4 Å². The predicted molar refractivity (Wildman–Crippen MR) is 139 cm³/mol. The zero-order valence-electron chi connectivity index (χ0n) is 18.6. The Morgan fingerprint density at radius 2 is 1.78 bits per heavy atom. The highest BCUT2D eigenvalue weighted by Gasteiger charge is 2.06. The van der Waals surface area contributed by atoms with Gasteiger partial charge >= 0.3 is 0 Å². The van der Waals surface area contributed by atoms with Crippen LogP contribution in [-0.2, 0) is 29.3 Å². The lowest BCUT2D eigenvalue weighted by Crippen LogP contribution is -2.37. The SMILES string of the molecule is CN=C(NCCc1ccc(S(C)(=O)=O)cc1)NCc1cccc(Cn2ccnc2C)c1.I. The molecule has 2 aromatic carbocycles. The molecule has 0 bridgehead atoms. The van der Waals surface area contributed by atoms with Crippen molar-refractivity contribution < 1.29 is 8.42 Å². The normalized spacial score (nSPS) is 11.7. The summed E-state index contributed by atoms with van der Waals surface area (Å²) in [6.45, 7) is 4.16. The number of rotatable bonds is 8. The molecule has 2 N–H and O–H groups in total.